The Morgan fingerprint density at radius 1 is 0.789 bits per heavy atom. The van der Waals surface area contributed by atoms with Crippen molar-refractivity contribution in [2.24, 2.45) is 0 Å². The minimum atomic E-state index is 0.185. The van der Waals surface area contributed by atoms with E-state index in [1.165, 1.54) is 11.1 Å². The molecule has 108 valence electrons. The molecule has 4 nitrogen and oxygen atoms in total. The van der Waals surface area contributed by atoms with Crippen LogP contribution in [0.5, 0.6) is 11.5 Å². The maximum absolute atomic E-state index is 8.97. The number of aliphatic hydroxyl groups is 2. The van der Waals surface area contributed by atoms with Crippen molar-refractivity contribution in [3.8, 4) is 11.5 Å². The van der Waals surface area contributed by atoms with Crippen molar-refractivity contribution in [1.82, 2.24) is 0 Å². The van der Waals surface area contributed by atoms with Crippen LogP contribution in [0.4, 0.5) is 0 Å². The Hall–Kier alpha value is -1.26. The van der Waals surface area contributed by atoms with Crippen molar-refractivity contribution in [2.75, 3.05) is 27.4 Å². The van der Waals surface area contributed by atoms with Crippen LogP contribution in [-0.4, -0.2) is 37.6 Å². The van der Waals surface area contributed by atoms with Crippen molar-refractivity contribution in [3.05, 3.63) is 23.3 Å². The lowest BCUT2D eigenvalue weighted by Crippen LogP contribution is -2.01. The summed E-state index contributed by atoms with van der Waals surface area (Å²) in [5.41, 5.74) is 2.39. The van der Waals surface area contributed by atoms with Crippen molar-refractivity contribution >= 4 is 0 Å². The highest BCUT2D eigenvalue weighted by molar-refractivity contribution is 5.47. The monoisotopic (exact) mass is 268 g/mol. The van der Waals surface area contributed by atoms with E-state index in [-0.39, 0.29) is 13.2 Å². The highest BCUT2D eigenvalue weighted by atomic mass is 16.5. The highest BCUT2D eigenvalue weighted by Crippen LogP contribution is 2.31. The molecule has 0 radical (unpaired) electrons. The molecule has 1 rings (SSSR count). The standard InChI is InChI=1S/C15H24O4/c1-18-14-10-12(6-3-4-8-16)13(7-5-9-17)11-15(14)19-2/h10-11,16-17H,3-9H2,1-2H3. The second-order valence-corrected chi connectivity index (χ2v) is 4.48. The summed E-state index contributed by atoms with van der Waals surface area (Å²) < 4.78 is 10.6. The fourth-order valence-corrected chi connectivity index (χ4v) is 2.13. The van der Waals surface area contributed by atoms with E-state index in [2.05, 4.69) is 0 Å². The largest absolute Gasteiger partial charge is 0.493 e. The van der Waals surface area contributed by atoms with Gasteiger partial charge in [-0.05, 0) is 55.4 Å². The third kappa shape index (κ3) is 4.73. The predicted octanol–water partition coefficient (Wildman–Crippen LogP) is 1.94. The highest BCUT2D eigenvalue weighted by Gasteiger charge is 2.10. The van der Waals surface area contributed by atoms with Gasteiger partial charge in [0.15, 0.2) is 11.5 Å². The molecule has 0 unspecified atom stereocenters. The molecule has 19 heavy (non-hydrogen) atoms. The molecular formula is C15H24O4. The summed E-state index contributed by atoms with van der Waals surface area (Å²) in [5, 5.41) is 17.8. The van der Waals surface area contributed by atoms with Gasteiger partial charge in [0.2, 0.25) is 0 Å². The van der Waals surface area contributed by atoms with Crippen molar-refractivity contribution in [2.45, 2.75) is 32.1 Å². The van der Waals surface area contributed by atoms with Crippen molar-refractivity contribution in [1.29, 1.82) is 0 Å². The number of hydrogen-bond donors (Lipinski definition) is 2. The molecule has 2 N–H and O–H groups in total. The Bertz CT molecular complexity index is 377. The molecule has 0 heterocycles. The van der Waals surface area contributed by atoms with Gasteiger partial charge in [-0.2, -0.15) is 0 Å². The zero-order valence-electron chi connectivity index (χ0n) is 11.8. The van der Waals surface area contributed by atoms with E-state index in [9.17, 15) is 0 Å². The van der Waals surface area contributed by atoms with Crippen LogP contribution in [-0.2, 0) is 12.8 Å². The molecule has 0 amide bonds. The molecule has 0 bridgehead atoms. The number of methoxy groups -OCH3 is 2. The molecule has 0 aliphatic heterocycles. The fraction of sp³-hybridized carbons (Fsp3) is 0.600. The first-order chi connectivity index (χ1) is 9.26. The lowest BCUT2D eigenvalue weighted by atomic mass is 9.97. The van der Waals surface area contributed by atoms with Gasteiger partial charge in [0, 0.05) is 13.2 Å². The van der Waals surface area contributed by atoms with E-state index in [0.29, 0.717) is 0 Å². The van der Waals surface area contributed by atoms with E-state index in [1.807, 2.05) is 12.1 Å². The SMILES string of the molecule is COc1cc(CCCO)c(CCCCO)cc1OC. The third-order valence-corrected chi connectivity index (χ3v) is 3.16. The average Bonchev–Trinajstić information content (AvgIpc) is 2.45. The van der Waals surface area contributed by atoms with Gasteiger partial charge in [0.05, 0.1) is 14.2 Å². The first kappa shape index (κ1) is 15.8. The topological polar surface area (TPSA) is 58.9 Å². The summed E-state index contributed by atoms with van der Waals surface area (Å²) in [6.07, 6.45) is 4.21. The summed E-state index contributed by atoms with van der Waals surface area (Å²) in [4.78, 5) is 0. The number of ether oxygens (including phenoxy) is 2. The summed E-state index contributed by atoms with van der Waals surface area (Å²) in [6.45, 7) is 0.406. The molecule has 1 aromatic rings. The van der Waals surface area contributed by atoms with Crippen LogP contribution >= 0.6 is 0 Å². The second-order valence-electron chi connectivity index (χ2n) is 4.48. The van der Waals surface area contributed by atoms with Gasteiger partial charge in [-0.15, -0.1) is 0 Å². The molecule has 0 saturated carbocycles. The first-order valence-corrected chi connectivity index (χ1v) is 6.72. The normalized spacial score (nSPS) is 10.5. The average molecular weight is 268 g/mol. The molecule has 0 aromatic heterocycles. The van der Waals surface area contributed by atoms with Crippen molar-refractivity contribution in [3.63, 3.8) is 0 Å². The molecule has 1 aromatic carbocycles. The fourth-order valence-electron chi connectivity index (χ4n) is 2.13. The smallest absolute Gasteiger partial charge is 0.161 e. The van der Waals surface area contributed by atoms with E-state index in [4.69, 9.17) is 19.7 Å². The third-order valence-electron chi connectivity index (χ3n) is 3.16. The van der Waals surface area contributed by atoms with Gasteiger partial charge in [-0.1, -0.05) is 0 Å². The Morgan fingerprint density at radius 3 is 1.68 bits per heavy atom. The Kier molecular flexibility index (Phi) is 7.30. The maximum Gasteiger partial charge on any atom is 0.161 e. The van der Waals surface area contributed by atoms with Crippen LogP contribution in [0.3, 0.4) is 0 Å². The lowest BCUT2D eigenvalue weighted by Gasteiger charge is -2.15. The summed E-state index contributed by atoms with van der Waals surface area (Å²) in [7, 11) is 3.25. The Balaban J connectivity index is 2.94. The molecule has 0 spiro atoms. The summed E-state index contributed by atoms with van der Waals surface area (Å²) >= 11 is 0. The number of unbranched alkanes of at least 4 members (excludes halogenated alkanes) is 1. The molecule has 0 aliphatic rings. The summed E-state index contributed by atoms with van der Waals surface area (Å²) in [6, 6.07) is 3.99. The van der Waals surface area contributed by atoms with Gasteiger partial charge < -0.3 is 19.7 Å². The van der Waals surface area contributed by atoms with Gasteiger partial charge in [0.25, 0.3) is 0 Å². The minimum Gasteiger partial charge on any atom is -0.493 e. The van der Waals surface area contributed by atoms with Gasteiger partial charge >= 0.3 is 0 Å². The summed E-state index contributed by atoms with van der Waals surface area (Å²) in [5.74, 6) is 1.45. The quantitative estimate of drug-likeness (QED) is 0.672. The minimum absolute atomic E-state index is 0.185. The molecule has 0 atom stereocenters. The first-order valence-electron chi connectivity index (χ1n) is 6.72. The van der Waals surface area contributed by atoms with E-state index >= 15 is 0 Å². The number of rotatable bonds is 9. The van der Waals surface area contributed by atoms with Crippen LogP contribution in [0.1, 0.15) is 30.4 Å². The molecule has 0 saturated heterocycles. The lowest BCUT2D eigenvalue weighted by molar-refractivity contribution is 0.284. The van der Waals surface area contributed by atoms with E-state index < -0.39 is 0 Å². The zero-order chi connectivity index (χ0) is 14.1. The van der Waals surface area contributed by atoms with E-state index in [0.717, 1.165) is 43.6 Å². The van der Waals surface area contributed by atoms with Crippen LogP contribution in [0.15, 0.2) is 12.1 Å². The van der Waals surface area contributed by atoms with Gasteiger partial charge in [-0.3, -0.25) is 0 Å². The predicted molar refractivity (Wildman–Crippen MR) is 75.0 cm³/mol. The van der Waals surface area contributed by atoms with Crippen LogP contribution < -0.4 is 9.47 Å². The van der Waals surface area contributed by atoms with Gasteiger partial charge in [-0.25, -0.2) is 0 Å². The molecular weight excluding hydrogens is 244 g/mol. The number of aliphatic hydroxyl groups excluding tert-OH is 2. The Labute approximate surface area is 115 Å². The molecule has 0 fully saturated rings. The van der Waals surface area contributed by atoms with E-state index in [1.54, 1.807) is 14.2 Å². The molecule has 4 heteroatoms. The maximum atomic E-state index is 8.97. The number of hydrogen-bond acceptors (Lipinski definition) is 4. The number of benzene rings is 1. The van der Waals surface area contributed by atoms with Crippen LogP contribution in [0, 0.1) is 0 Å². The van der Waals surface area contributed by atoms with Gasteiger partial charge in [0.1, 0.15) is 0 Å². The zero-order valence-corrected chi connectivity index (χ0v) is 11.8. The Morgan fingerprint density at radius 2 is 1.26 bits per heavy atom. The second kappa shape index (κ2) is 8.77. The number of aryl methyl sites for hydroxylation is 2. The van der Waals surface area contributed by atoms with Crippen LogP contribution in [0.25, 0.3) is 0 Å². The van der Waals surface area contributed by atoms with Crippen molar-refractivity contribution < 1.29 is 19.7 Å². The molecule has 0 aliphatic carbocycles. The van der Waals surface area contributed by atoms with Crippen LogP contribution in [0.2, 0.25) is 0 Å².